The third-order valence-electron chi connectivity index (χ3n) is 3.28. The van der Waals surface area contributed by atoms with Crippen molar-refractivity contribution in [3.05, 3.63) is 47.2 Å². The molecule has 3 heteroatoms. The van der Waals surface area contributed by atoms with E-state index >= 15 is 0 Å². The highest BCUT2D eigenvalue weighted by atomic mass is 16.5. The maximum absolute atomic E-state index is 10.9. The first-order chi connectivity index (χ1) is 8.58. The summed E-state index contributed by atoms with van der Waals surface area (Å²) < 4.78 is 5.11. The third-order valence-corrected chi connectivity index (χ3v) is 3.28. The van der Waals surface area contributed by atoms with Crippen molar-refractivity contribution in [1.29, 1.82) is 0 Å². The van der Waals surface area contributed by atoms with Crippen LogP contribution < -0.4 is 0 Å². The van der Waals surface area contributed by atoms with Crippen LogP contribution in [0.2, 0.25) is 0 Å². The Morgan fingerprint density at radius 3 is 2.56 bits per heavy atom. The number of hydrogen-bond donors (Lipinski definition) is 1. The minimum absolute atomic E-state index is 0.0687. The summed E-state index contributed by atoms with van der Waals surface area (Å²) in [4.78, 5) is 10.9. The molecule has 96 valence electrons. The van der Waals surface area contributed by atoms with Crippen molar-refractivity contribution in [3.63, 3.8) is 0 Å². The van der Waals surface area contributed by atoms with Gasteiger partial charge in [-0.25, -0.2) is 4.79 Å². The number of hydrogen-bond acceptors (Lipinski definition) is 2. The standard InChI is InChI=1S/C15H18O3/c1-10(2)11-3-5-12(6-4-11)13-7-8-18-14(9-13)15(16)17/h3-6,9-10,13H,7-8H2,1-2H3,(H,16,17). The zero-order valence-electron chi connectivity index (χ0n) is 10.7. The molecule has 2 rings (SSSR count). The van der Waals surface area contributed by atoms with Gasteiger partial charge in [0.15, 0.2) is 0 Å². The molecule has 0 radical (unpaired) electrons. The largest absolute Gasteiger partial charge is 0.487 e. The fourth-order valence-electron chi connectivity index (χ4n) is 2.13. The molecule has 1 aromatic rings. The first-order valence-corrected chi connectivity index (χ1v) is 6.25. The third kappa shape index (κ3) is 2.73. The van der Waals surface area contributed by atoms with Gasteiger partial charge in [0.05, 0.1) is 6.61 Å². The molecular formula is C15H18O3. The highest BCUT2D eigenvalue weighted by Crippen LogP contribution is 2.28. The van der Waals surface area contributed by atoms with Crippen LogP contribution in [0.15, 0.2) is 36.1 Å². The van der Waals surface area contributed by atoms with Crippen molar-refractivity contribution >= 4 is 5.97 Å². The molecule has 3 nitrogen and oxygen atoms in total. The second-order valence-corrected chi connectivity index (χ2v) is 4.90. The van der Waals surface area contributed by atoms with E-state index in [-0.39, 0.29) is 11.7 Å². The molecule has 1 aromatic carbocycles. The Bertz CT molecular complexity index is 457. The number of carboxylic acid groups (broad SMARTS) is 1. The van der Waals surface area contributed by atoms with Crippen LogP contribution in [0, 0.1) is 0 Å². The topological polar surface area (TPSA) is 46.5 Å². The van der Waals surface area contributed by atoms with Gasteiger partial charge in [0, 0.05) is 5.92 Å². The Morgan fingerprint density at radius 2 is 2.00 bits per heavy atom. The van der Waals surface area contributed by atoms with E-state index < -0.39 is 5.97 Å². The van der Waals surface area contributed by atoms with Crippen LogP contribution in [-0.4, -0.2) is 17.7 Å². The van der Waals surface area contributed by atoms with Crippen molar-refractivity contribution in [3.8, 4) is 0 Å². The van der Waals surface area contributed by atoms with Crippen molar-refractivity contribution in [2.45, 2.75) is 32.1 Å². The van der Waals surface area contributed by atoms with Crippen LogP contribution in [0.5, 0.6) is 0 Å². The average molecular weight is 246 g/mol. The number of rotatable bonds is 3. The number of allylic oxidation sites excluding steroid dienone is 1. The maximum atomic E-state index is 10.9. The van der Waals surface area contributed by atoms with Crippen LogP contribution in [-0.2, 0) is 9.53 Å². The van der Waals surface area contributed by atoms with Gasteiger partial charge in [-0.3, -0.25) is 0 Å². The lowest BCUT2D eigenvalue weighted by Crippen LogP contribution is -2.15. The molecule has 0 fully saturated rings. The second-order valence-electron chi connectivity index (χ2n) is 4.90. The summed E-state index contributed by atoms with van der Waals surface area (Å²) in [5.41, 5.74) is 2.45. The molecule has 0 aliphatic carbocycles. The quantitative estimate of drug-likeness (QED) is 0.890. The summed E-state index contributed by atoms with van der Waals surface area (Å²) >= 11 is 0. The predicted octanol–water partition coefficient (Wildman–Crippen LogP) is 3.28. The van der Waals surface area contributed by atoms with Crippen LogP contribution in [0.25, 0.3) is 0 Å². The maximum Gasteiger partial charge on any atom is 0.370 e. The van der Waals surface area contributed by atoms with Gasteiger partial charge >= 0.3 is 5.97 Å². The normalized spacial score (nSPS) is 19.3. The van der Waals surface area contributed by atoms with Crippen LogP contribution in [0.1, 0.15) is 43.2 Å². The molecule has 1 aliphatic rings. The highest BCUT2D eigenvalue weighted by molar-refractivity contribution is 5.84. The lowest BCUT2D eigenvalue weighted by molar-refractivity contribution is -0.137. The molecule has 0 saturated carbocycles. The van der Waals surface area contributed by atoms with E-state index in [4.69, 9.17) is 9.84 Å². The zero-order chi connectivity index (χ0) is 13.1. The van der Waals surface area contributed by atoms with Crippen LogP contribution >= 0.6 is 0 Å². The molecule has 1 unspecified atom stereocenters. The van der Waals surface area contributed by atoms with Gasteiger partial charge in [-0.15, -0.1) is 0 Å². The predicted molar refractivity (Wildman–Crippen MR) is 69.6 cm³/mol. The Hall–Kier alpha value is -1.77. The minimum Gasteiger partial charge on any atom is -0.487 e. The monoisotopic (exact) mass is 246 g/mol. The van der Waals surface area contributed by atoms with Gasteiger partial charge in [-0.2, -0.15) is 0 Å². The summed E-state index contributed by atoms with van der Waals surface area (Å²) in [5, 5.41) is 8.93. The molecule has 18 heavy (non-hydrogen) atoms. The molecule has 0 bridgehead atoms. The van der Waals surface area contributed by atoms with Gasteiger partial charge in [-0.1, -0.05) is 38.1 Å². The number of benzene rings is 1. The molecule has 1 atom stereocenters. The Morgan fingerprint density at radius 1 is 1.33 bits per heavy atom. The molecule has 1 N–H and O–H groups in total. The summed E-state index contributed by atoms with van der Waals surface area (Å²) in [6.45, 7) is 4.78. The van der Waals surface area contributed by atoms with E-state index in [2.05, 4.69) is 38.1 Å². The molecule has 0 spiro atoms. The van der Waals surface area contributed by atoms with Crippen molar-refractivity contribution < 1.29 is 14.6 Å². The smallest absolute Gasteiger partial charge is 0.370 e. The number of aliphatic carboxylic acids is 1. The lowest BCUT2D eigenvalue weighted by Gasteiger charge is -2.20. The van der Waals surface area contributed by atoms with E-state index in [9.17, 15) is 4.79 Å². The highest BCUT2D eigenvalue weighted by Gasteiger charge is 2.20. The molecule has 0 amide bonds. The number of ether oxygens (including phenoxy) is 1. The Balaban J connectivity index is 2.21. The van der Waals surface area contributed by atoms with Crippen molar-refractivity contribution in [2.75, 3.05) is 6.61 Å². The van der Waals surface area contributed by atoms with E-state index in [1.54, 1.807) is 6.08 Å². The van der Waals surface area contributed by atoms with E-state index in [0.29, 0.717) is 12.5 Å². The van der Waals surface area contributed by atoms with E-state index in [1.807, 2.05) is 0 Å². The van der Waals surface area contributed by atoms with E-state index in [0.717, 1.165) is 12.0 Å². The van der Waals surface area contributed by atoms with Crippen molar-refractivity contribution in [1.82, 2.24) is 0 Å². The van der Waals surface area contributed by atoms with Gasteiger partial charge in [0.2, 0.25) is 5.76 Å². The molecule has 1 aliphatic heterocycles. The molecule has 0 saturated heterocycles. The molecule has 0 aromatic heterocycles. The van der Waals surface area contributed by atoms with Gasteiger partial charge < -0.3 is 9.84 Å². The fraction of sp³-hybridized carbons (Fsp3) is 0.400. The summed E-state index contributed by atoms with van der Waals surface area (Å²) in [6.07, 6.45) is 2.54. The van der Waals surface area contributed by atoms with E-state index in [1.165, 1.54) is 5.56 Å². The number of carbonyl (C=O) groups is 1. The SMILES string of the molecule is CC(C)c1ccc(C2C=C(C(=O)O)OCC2)cc1. The van der Waals surface area contributed by atoms with Gasteiger partial charge in [-0.05, 0) is 29.5 Å². The summed E-state index contributed by atoms with van der Waals surface area (Å²) in [6, 6.07) is 8.40. The minimum atomic E-state index is -0.987. The average Bonchev–Trinajstić information content (AvgIpc) is 2.39. The summed E-state index contributed by atoms with van der Waals surface area (Å²) in [7, 11) is 0. The van der Waals surface area contributed by atoms with Crippen LogP contribution in [0.4, 0.5) is 0 Å². The second kappa shape index (κ2) is 5.25. The van der Waals surface area contributed by atoms with Gasteiger partial charge in [0.25, 0.3) is 0 Å². The fourth-order valence-corrected chi connectivity index (χ4v) is 2.13. The Kier molecular flexibility index (Phi) is 3.70. The molecule has 1 heterocycles. The van der Waals surface area contributed by atoms with Gasteiger partial charge in [0.1, 0.15) is 0 Å². The molecular weight excluding hydrogens is 228 g/mol. The lowest BCUT2D eigenvalue weighted by atomic mass is 9.91. The van der Waals surface area contributed by atoms with Crippen molar-refractivity contribution in [2.24, 2.45) is 0 Å². The zero-order valence-corrected chi connectivity index (χ0v) is 10.7. The van der Waals surface area contributed by atoms with Crippen LogP contribution in [0.3, 0.4) is 0 Å². The first-order valence-electron chi connectivity index (χ1n) is 6.25. The first kappa shape index (κ1) is 12.7. The number of carboxylic acids is 1. The summed E-state index contributed by atoms with van der Waals surface area (Å²) in [5.74, 6) is -0.261. The Labute approximate surface area is 107 Å².